The van der Waals surface area contributed by atoms with Crippen LogP contribution in [0.1, 0.15) is 24.3 Å². The molecular formula is C16H24N4O6S. The minimum atomic E-state index is -3.68. The molecule has 0 aromatic carbocycles. The Kier molecular flexibility index (Phi) is 5.70. The third-order valence-electron chi connectivity index (χ3n) is 4.81. The number of amides is 2. The van der Waals surface area contributed by atoms with Crippen molar-refractivity contribution >= 4 is 22.0 Å². The number of rotatable bonds is 6. The molecule has 1 atom stereocenters. The van der Waals surface area contributed by atoms with Gasteiger partial charge in [0.1, 0.15) is 23.7 Å². The van der Waals surface area contributed by atoms with Crippen molar-refractivity contribution in [3.8, 4) is 0 Å². The van der Waals surface area contributed by atoms with Crippen molar-refractivity contribution in [2.24, 2.45) is 5.92 Å². The van der Waals surface area contributed by atoms with Gasteiger partial charge >= 0.3 is 6.09 Å². The number of aromatic nitrogens is 1. The van der Waals surface area contributed by atoms with E-state index in [1.165, 1.54) is 9.21 Å². The molecule has 2 aliphatic heterocycles. The van der Waals surface area contributed by atoms with Crippen molar-refractivity contribution in [2.75, 3.05) is 39.3 Å². The maximum absolute atomic E-state index is 12.9. The van der Waals surface area contributed by atoms with E-state index in [-0.39, 0.29) is 29.0 Å². The summed E-state index contributed by atoms with van der Waals surface area (Å²) in [7, 11) is -3.68. The summed E-state index contributed by atoms with van der Waals surface area (Å²) in [6.07, 6.45) is 1.04. The molecule has 2 saturated heterocycles. The molecule has 1 aromatic rings. The molecule has 2 amide bonds. The van der Waals surface area contributed by atoms with Gasteiger partial charge in [-0.05, 0) is 32.6 Å². The second-order valence-electron chi connectivity index (χ2n) is 6.86. The summed E-state index contributed by atoms with van der Waals surface area (Å²) in [6, 6.07) is 0. The van der Waals surface area contributed by atoms with Gasteiger partial charge in [0.05, 0.1) is 6.54 Å². The number of nitrogens with one attached hydrogen (secondary N) is 1. The molecule has 1 N–H and O–H groups in total. The first-order valence-corrected chi connectivity index (χ1v) is 10.3. The van der Waals surface area contributed by atoms with Gasteiger partial charge in [0.2, 0.25) is 15.9 Å². The summed E-state index contributed by atoms with van der Waals surface area (Å²) >= 11 is 0. The SMILES string of the molecule is Cc1noc(C)c1S(=O)(=O)N1CCCC(CNC(=O)CN2CCOC2=O)C1. The fraction of sp³-hybridized carbons (Fsp3) is 0.688. The summed E-state index contributed by atoms with van der Waals surface area (Å²) in [5, 5.41) is 6.52. The van der Waals surface area contributed by atoms with E-state index >= 15 is 0 Å². The average molecular weight is 400 g/mol. The number of ether oxygens (including phenoxy) is 1. The van der Waals surface area contributed by atoms with E-state index in [0.717, 1.165) is 6.42 Å². The van der Waals surface area contributed by atoms with Crippen LogP contribution in [0.4, 0.5) is 4.79 Å². The first kappa shape index (κ1) is 19.6. The van der Waals surface area contributed by atoms with Gasteiger partial charge in [0, 0.05) is 19.6 Å². The number of aryl methyl sites for hydroxylation is 2. The van der Waals surface area contributed by atoms with Gasteiger partial charge in [-0.15, -0.1) is 0 Å². The monoisotopic (exact) mass is 400 g/mol. The molecule has 0 saturated carbocycles. The molecule has 10 nitrogen and oxygen atoms in total. The lowest BCUT2D eigenvalue weighted by Gasteiger charge is -2.32. The molecular weight excluding hydrogens is 376 g/mol. The van der Waals surface area contributed by atoms with Crippen LogP contribution in [0.2, 0.25) is 0 Å². The number of nitrogens with zero attached hydrogens (tertiary/aromatic N) is 3. The van der Waals surface area contributed by atoms with Crippen LogP contribution < -0.4 is 5.32 Å². The van der Waals surface area contributed by atoms with Crippen LogP contribution in [0.5, 0.6) is 0 Å². The van der Waals surface area contributed by atoms with Gasteiger partial charge in [-0.1, -0.05) is 5.16 Å². The molecule has 0 spiro atoms. The number of sulfonamides is 1. The standard InChI is InChI=1S/C16H24N4O6S/c1-11-15(12(2)26-18-11)27(23,24)20-5-3-4-13(9-20)8-17-14(21)10-19-6-7-25-16(19)22/h13H,3-10H2,1-2H3,(H,17,21). The van der Waals surface area contributed by atoms with Crippen LogP contribution in [0.15, 0.2) is 9.42 Å². The minimum absolute atomic E-state index is 0.00322. The van der Waals surface area contributed by atoms with Crippen molar-refractivity contribution < 1.29 is 27.3 Å². The quantitative estimate of drug-likeness (QED) is 0.727. The van der Waals surface area contributed by atoms with E-state index in [1.807, 2.05) is 0 Å². The van der Waals surface area contributed by atoms with E-state index in [2.05, 4.69) is 10.5 Å². The van der Waals surface area contributed by atoms with Gasteiger partial charge < -0.3 is 14.6 Å². The Hall–Kier alpha value is -2.14. The number of piperidine rings is 1. The largest absolute Gasteiger partial charge is 0.448 e. The lowest BCUT2D eigenvalue weighted by atomic mass is 10.00. The van der Waals surface area contributed by atoms with Gasteiger partial charge in [0.15, 0.2) is 5.76 Å². The van der Waals surface area contributed by atoms with E-state index in [4.69, 9.17) is 9.26 Å². The lowest BCUT2D eigenvalue weighted by Crippen LogP contribution is -2.45. The third kappa shape index (κ3) is 4.24. The van der Waals surface area contributed by atoms with Gasteiger partial charge in [0.25, 0.3) is 0 Å². The van der Waals surface area contributed by atoms with Crippen molar-refractivity contribution in [1.29, 1.82) is 0 Å². The molecule has 0 aliphatic carbocycles. The first-order valence-electron chi connectivity index (χ1n) is 8.90. The Morgan fingerprint density at radius 3 is 2.74 bits per heavy atom. The van der Waals surface area contributed by atoms with Crippen molar-refractivity contribution in [2.45, 2.75) is 31.6 Å². The molecule has 1 aromatic heterocycles. The molecule has 2 aliphatic rings. The van der Waals surface area contributed by atoms with Crippen LogP contribution >= 0.6 is 0 Å². The van der Waals surface area contributed by atoms with Crippen LogP contribution in [-0.2, 0) is 19.6 Å². The van der Waals surface area contributed by atoms with Gasteiger partial charge in [-0.25, -0.2) is 13.2 Å². The third-order valence-corrected chi connectivity index (χ3v) is 6.93. The highest BCUT2D eigenvalue weighted by atomic mass is 32.2. The van der Waals surface area contributed by atoms with Crippen molar-refractivity contribution in [3.05, 3.63) is 11.5 Å². The highest BCUT2D eigenvalue weighted by Crippen LogP contribution is 2.27. The normalized spacial score (nSPS) is 21.3. The molecule has 3 rings (SSSR count). The van der Waals surface area contributed by atoms with E-state index < -0.39 is 16.1 Å². The van der Waals surface area contributed by atoms with Crippen molar-refractivity contribution in [3.63, 3.8) is 0 Å². The summed E-state index contributed by atoms with van der Waals surface area (Å²) in [6.45, 7) is 4.94. The van der Waals surface area contributed by atoms with E-state index in [0.29, 0.717) is 44.9 Å². The minimum Gasteiger partial charge on any atom is -0.448 e. The van der Waals surface area contributed by atoms with Crippen LogP contribution in [-0.4, -0.2) is 74.1 Å². The predicted octanol–water partition coefficient (Wildman–Crippen LogP) is 0.261. The fourth-order valence-electron chi connectivity index (χ4n) is 3.44. The Labute approximate surface area is 157 Å². The van der Waals surface area contributed by atoms with E-state index in [1.54, 1.807) is 13.8 Å². The highest BCUT2D eigenvalue weighted by Gasteiger charge is 2.34. The Morgan fingerprint density at radius 2 is 2.11 bits per heavy atom. The number of hydrogen-bond donors (Lipinski definition) is 1. The Balaban J connectivity index is 1.56. The van der Waals surface area contributed by atoms with Gasteiger partial charge in [-0.2, -0.15) is 4.31 Å². The second-order valence-corrected chi connectivity index (χ2v) is 8.74. The zero-order valence-electron chi connectivity index (χ0n) is 15.4. The first-order chi connectivity index (χ1) is 12.8. The fourth-order valence-corrected chi connectivity index (χ4v) is 5.29. The lowest BCUT2D eigenvalue weighted by molar-refractivity contribution is -0.121. The molecule has 27 heavy (non-hydrogen) atoms. The molecule has 0 bridgehead atoms. The Morgan fingerprint density at radius 1 is 1.33 bits per heavy atom. The average Bonchev–Trinajstić information content (AvgIpc) is 3.18. The van der Waals surface area contributed by atoms with Crippen molar-refractivity contribution in [1.82, 2.24) is 19.7 Å². The molecule has 1 unspecified atom stereocenters. The summed E-state index contributed by atoms with van der Waals surface area (Å²) < 4.78 is 37.1. The molecule has 150 valence electrons. The smallest absolute Gasteiger partial charge is 0.410 e. The molecule has 3 heterocycles. The maximum Gasteiger partial charge on any atom is 0.410 e. The van der Waals surface area contributed by atoms with Crippen LogP contribution in [0.25, 0.3) is 0 Å². The number of cyclic esters (lactones) is 1. The number of carbonyl (C=O) groups is 2. The summed E-state index contributed by atoms with van der Waals surface area (Å²) in [5.74, 6) is 0.00320. The molecule has 2 fully saturated rings. The number of carbonyl (C=O) groups excluding carboxylic acids is 2. The highest BCUT2D eigenvalue weighted by molar-refractivity contribution is 7.89. The zero-order chi connectivity index (χ0) is 19.6. The molecule has 0 radical (unpaired) electrons. The van der Waals surface area contributed by atoms with Crippen LogP contribution in [0.3, 0.4) is 0 Å². The predicted molar refractivity (Wildman–Crippen MR) is 93.4 cm³/mol. The van der Waals surface area contributed by atoms with Gasteiger partial charge in [-0.3, -0.25) is 9.69 Å². The second kappa shape index (κ2) is 7.85. The summed E-state index contributed by atoms with van der Waals surface area (Å²) in [5.41, 5.74) is 0.348. The van der Waals surface area contributed by atoms with E-state index in [9.17, 15) is 18.0 Å². The Bertz CT molecular complexity index is 801. The summed E-state index contributed by atoms with van der Waals surface area (Å²) in [4.78, 5) is 24.9. The maximum atomic E-state index is 12.9. The topological polar surface area (TPSA) is 122 Å². The zero-order valence-corrected chi connectivity index (χ0v) is 16.3. The number of hydrogen-bond acceptors (Lipinski definition) is 7. The van der Waals surface area contributed by atoms with Crippen LogP contribution in [0, 0.1) is 19.8 Å². The molecule has 11 heteroatoms.